The molecular weight excluding hydrogens is 478 g/mol. The molecule has 0 amide bonds. The van der Waals surface area contributed by atoms with Gasteiger partial charge in [-0.1, -0.05) is 12.1 Å². The second-order valence-corrected chi connectivity index (χ2v) is 5.47. The number of methoxy groups -OCH3 is 1. The first kappa shape index (κ1) is 25.7. The van der Waals surface area contributed by atoms with E-state index < -0.39 is 12.8 Å². The van der Waals surface area contributed by atoms with Crippen LogP contribution < -0.4 is 15.4 Å². The van der Waals surface area contributed by atoms with Gasteiger partial charge in [0.1, 0.15) is 5.75 Å². The standard InChI is InChI=1S/C17H26F3N3O3.HI/c1-13-4-5-14(15(10-13)26-12-17(18,19)20)11-23-16(21-2)22-6-7-25-9-8-24-3;/h4-5,10H,6-9,11-12H2,1-3H3,(H2,21,22,23);1H. The van der Waals surface area contributed by atoms with Gasteiger partial charge in [0.05, 0.1) is 19.8 Å². The highest BCUT2D eigenvalue weighted by atomic mass is 127. The Morgan fingerprint density at radius 2 is 1.89 bits per heavy atom. The van der Waals surface area contributed by atoms with Crippen LogP contribution in [0, 0.1) is 6.92 Å². The van der Waals surface area contributed by atoms with Gasteiger partial charge in [-0.3, -0.25) is 4.99 Å². The predicted octanol–water partition coefficient (Wildman–Crippen LogP) is 2.88. The summed E-state index contributed by atoms with van der Waals surface area (Å²) in [5, 5.41) is 6.10. The number of aliphatic imine (C=N–C) groups is 1. The van der Waals surface area contributed by atoms with Crippen LogP contribution in [0.15, 0.2) is 23.2 Å². The molecule has 0 fully saturated rings. The largest absolute Gasteiger partial charge is 0.484 e. The topological polar surface area (TPSA) is 64.1 Å². The quantitative estimate of drug-likeness (QED) is 0.222. The van der Waals surface area contributed by atoms with Gasteiger partial charge in [-0.2, -0.15) is 13.2 Å². The van der Waals surface area contributed by atoms with Crippen molar-refractivity contribution >= 4 is 29.9 Å². The molecule has 1 aromatic carbocycles. The zero-order valence-corrected chi connectivity index (χ0v) is 18.0. The van der Waals surface area contributed by atoms with Crippen LogP contribution in [0.5, 0.6) is 5.75 Å². The highest BCUT2D eigenvalue weighted by Crippen LogP contribution is 2.23. The third kappa shape index (κ3) is 11.9. The van der Waals surface area contributed by atoms with Gasteiger partial charge >= 0.3 is 6.18 Å². The Kier molecular flexibility index (Phi) is 13.2. The van der Waals surface area contributed by atoms with E-state index in [1.54, 1.807) is 33.2 Å². The molecule has 0 heterocycles. The number of guanidine groups is 1. The van der Waals surface area contributed by atoms with Crippen molar-refractivity contribution in [2.24, 2.45) is 4.99 Å². The smallest absolute Gasteiger partial charge is 0.422 e. The molecule has 27 heavy (non-hydrogen) atoms. The van der Waals surface area contributed by atoms with Crippen molar-refractivity contribution in [2.75, 3.05) is 47.1 Å². The molecular formula is C17H27F3IN3O3. The van der Waals surface area contributed by atoms with Crippen LogP contribution in [0.1, 0.15) is 11.1 Å². The molecule has 0 spiro atoms. The molecule has 0 saturated heterocycles. The second-order valence-electron chi connectivity index (χ2n) is 5.47. The highest BCUT2D eigenvalue weighted by Gasteiger charge is 2.28. The fraction of sp³-hybridized carbons (Fsp3) is 0.588. The van der Waals surface area contributed by atoms with Gasteiger partial charge in [0.2, 0.25) is 0 Å². The maximum Gasteiger partial charge on any atom is 0.422 e. The van der Waals surface area contributed by atoms with Crippen LogP contribution >= 0.6 is 24.0 Å². The maximum atomic E-state index is 12.4. The first-order valence-electron chi connectivity index (χ1n) is 8.16. The molecule has 0 aliphatic carbocycles. The highest BCUT2D eigenvalue weighted by molar-refractivity contribution is 14.0. The van der Waals surface area contributed by atoms with Crippen LogP contribution in [0.4, 0.5) is 13.2 Å². The lowest BCUT2D eigenvalue weighted by Gasteiger charge is -2.16. The van der Waals surface area contributed by atoms with Crippen molar-refractivity contribution in [2.45, 2.75) is 19.6 Å². The third-order valence-corrected chi connectivity index (χ3v) is 3.25. The van der Waals surface area contributed by atoms with Crippen molar-refractivity contribution in [3.63, 3.8) is 0 Å². The van der Waals surface area contributed by atoms with Crippen molar-refractivity contribution in [1.29, 1.82) is 0 Å². The Bertz CT molecular complexity index is 572. The molecule has 10 heteroatoms. The number of halogens is 4. The first-order valence-corrected chi connectivity index (χ1v) is 8.16. The monoisotopic (exact) mass is 505 g/mol. The molecule has 6 nitrogen and oxygen atoms in total. The van der Waals surface area contributed by atoms with Gasteiger partial charge in [-0.15, -0.1) is 24.0 Å². The average molecular weight is 505 g/mol. The lowest BCUT2D eigenvalue weighted by molar-refractivity contribution is -0.153. The first-order chi connectivity index (χ1) is 12.4. The lowest BCUT2D eigenvalue weighted by atomic mass is 10.1. The minimum atomic E-state index is -4.38. The minimum Gasteiger partial charge on any atom is -0.484 e. The summed E-state index contributed by atoms with van der Waals surface area (Å²) in [4.78, 5) is 4.06. The molecule has 0 unspecified atom stereocenters. The normalized spacial score (nSPS) is 11.7. The number of nitrogens with zero attached hydrogens (tertiary/aromatic N) is 1. The Balaban J connectivity index is 0.00000676. The van der Waals surface area contributed by atoms with Gasteiger partial charge in [0.25, 0.3) is 0 Å². The number of benzene rings is 1. The number of aryl methyl sites for hydroxylation is 1. The Morgan fingerprint density at radius 1 is 1.15 bits per heavy atom. The number of alkyl halides is 3. The summed E-state index contributed by atoms with van der Waals surface area (Å²) >= 11 is 0. The molecule has 0 atom stereocenters. The van der Waals surface area contributed by atoms with E-state index >= 15 is 0 Å². The molecule has 2 N–H and O–H groups in total. The van der Waals surface area contributed by atoms with Gasteiger partial charge in [0.15, 0.2) is 12.6 Å². The SMILES string of the molecule is CN=C(NCCOCCOC)NCc1ccc(C)cc1OCC(F)(F)F.I. The lowest BCUT2D eigenvalue weighted by Crippen LogP contribution is -2.38. The van der Waals surface area contributed by atoms with Gasteiger partial charge < -0.3 is 24.8 Å². The Morgan fingerprint density at radius 3 is 2.52 bits per heavy atom. The van der Waals surface area contributed by atoms with E-state index in [4.69, 9.17) is 14.2 Å². The molecule has 0 aliphatic rings. The number of hydrogen-bond donors (Lipinski definition) is 2. The summed E-state index contributed by atoms with van der Waals surface area (Å²) in [6, 6.07) is 5.13. The summed E-state index contributed by atoms with van der Waals surface area (Å²) in [6.45, 7) is 2.80. The fourth-order valence-electron chi connectivity index (χ4n) is 1.99. The van der Waals surface area contributed by atoms with Gasteiger partial charge in [-0.05, 0) is 18.6 Å². The van der Waals surface area contributed by atoms with Crippen LogP contribution in [0.25, 0.3) is 0 Å². The molecule has 156 valence electrons. The van der Waals surface area contributed by atoms with Crippen LogP contribution in [-0.4, -0.2) is 59.3 Å². The van der Waals surface area contributed by atoms with Gasteiger partial charge in [0, 0.05) is 32.8 Å². The molecule has 1 aromatic rings. The summed E-state index contributed by atoms with van der Waals surface area (Å²) in [5.74, 6) is 0.718. The fourth-order valence-corrected chi connectivity index (χ4v) is 1.99. The molecule has 0 aliphatic heterocycles. The molecule has 1 rings (SSSR count). The maximum absolute atomic E-state index is 12.4. The van der Waals surface area contributed by atoms with Crippen molar-refractivity contribution in [1.82, 2.24) is 10.6 Å². The van der Waals surface area contributed by atoms with Crippen molar-refractivity contribution in [3.05, 3.63) is 29.3 Å². The van der Waals surface area contributed by atoms with E-state index in [2.05, 4.69) is 15.6 Å². The van der Waals surface area contributed by atoms with Crippen LogP contribution in [0.3, 0.4) is 0 Å². The number of hydrogen-bond acceptors (Lipinski definition) is 4. The summed E-state index contributed by atoms with van der Waals surface area (Å²) < 4.78 is 52.3. The number of ether oxygens (including phenoxy) is 3. The van der Waals surface area contributed by atoms with Gasteiger partial charge in [-0.25, -0.2) is 0 Å². The second kappa shape index (κ2) is 13.8. The zero-order chi connectivity index (χ0) is 19.4. The molecule has 0 bridgehead atoms. The number of rotatable bonds is 10. The summed E-state index contributed by atoms with van der Waals surface area (Å²) in [7, 11) is 3.21. The van der Waals surface area contributed by atoms with Crippen LogP contribution in [0.2, 0.25) is 0 Å². The van der Waals surface area contributed by atoms with E-state index in [9.17, 15) is 13.2 Å². The zero-order valence-electron chi connectivity index (χ0n) is 15.7. The minimum absolute atomic E-state index is 0. The number of nitrogens with one attached hydrogen (secondary N) is 2. The van der Waals surface area contributed by atoms with E-state index in [1.165, 1.54) is 0 Å². The molecule has 0 saturated carbocycles. The van der Waals surface area contributed by atoms with E-state index in [-0.39, 0.29) is 36.3 Å². The predicted molar refractivity (Wildman–Crippen MR) is 109 cm³/mol. The summed E-state index contributed by atoms with van der Waals surface area (Å²) in [5.41, 5.74) is 1.43. The van der Waals surface area contributed by atoms with Crippen molar-refractivity contribution in [3.8, 4) is 5.75 Å². The Labute approximate surface area is 174 Å². The van der Waals surface area contributed by atoms with Crippen LogP contribution in [-0.2, 0) is 16.0 Å². The van der Waals surface area contributed by atoms with Crippen molar-refractivity contribution < 1.29 is 27.4 Å². The third-order valence-electron chi connectivity index (χ3n) is 3.25. The molecule has 0 aromatic heterocycles. The average Bonchev–Trinajstić information content (AvgIpc) is 2.59. The van der Waals surface area contributed by atoms with E-state index in [0.717, 1.165) is 5.56 Å². The van der Waals surface area contributed by atoms with E-state index in [0.29, 0.717) is 37.9 Å². The molecule has 0 radical (unpaired) electrons. The Hall–Kier alpha value is -1.27. The summed E-state index contributed by atoms with van der Waals surface area (Å²) in [6.07, 6.45) is -4.38. The van der Waals surface area contributed by atoms with E-state index in [1.807, 2.05) is 6.07 Å².